The maximum atomic E-state index is 6.55. The first-order valence-electron chi connectivity index (χ1n) is 6.82. The van der Waals surface area contributed by atoms with Crippen molar-refractivity contribution in [3.05, 3.63) is 59.1 Å². The molecule has 0 amide bonds. The number of guanidine groups is 1. The van der Waals surface area contributed by atoms with Crippen LogP contribution in [0.2, 0.25) is 5.02 Å². The number of halogens is 2. The highest BCUT2D eigenvalue weighted by atomic mass is 35.5. The van der Waals surface area contributed by atoms with Gasteiger partial charge in [0.25, 0.3) is 0 Å². The minimum atomic E-state index is 0. The number of benzene rings is 3. The largest absolute Gasteiger partial charge is 0.369 e. The highest BCUT2D eigenvalue weighted by Crippen LogP contribution is 2.35. The maximum Gasteiger partial charge on any atom is 0.209 e. The van der Waals surface area contributed by atoms with E-state index in [4.69, 9.17) is 17.3 Å². The molecule has 0 saturated heterocycles. The first-order valence-corrected chi connectivity index (χ1v) is 7.20. The maximum absolute atomic E-state index is 6.55. The second-order valence-electron chi connectivity index (χ2n) is 4.80. The summed E-state index contributed by atoms with van der Waals surface area (Å²) in [5, 5.41) is 9.02. The predicted molar refractivity (Wildman–Crippen MR) is 102 cm³/mol. The first kappa shape index (κ1) is 17.1. The van der Waals surface area contributed by atoms with Gasteiger partial charge in [-0.1, -0.05) is 60.1 Å². The summed E-state index contributed by atoms with van der Waals surface area (Å²) in [6.07, 6.45) is 1.75. The molecule has 3 aromatic rings. The Labute approximate surface area is 145 Å². The van der Waals surface area contributed by atoms with Crippen molar-refractivity contribution < 1.29 is 0 Å². The third-order valence-corrected chi connectivity index (χ3v) is 3.93. The molecule has 23 heavy (non-hydrogen) atoms. The minimum Gasteiger partial charge on any atom is -0.369 e. The van der Waals surface area contributed by atoms with Gasteiger partial charge in [-0.2, -0.15) is 5.10 Å². The molecule has 0 radical (unpaired) electrons. The van der Waals surface area contributed by atoms with Gasteiger partial charge in [0.15, 0.2) is 0 Å². The molecule has 0 spiro atoms. The van der Waals surface area contributed by atoms with Crippen molar-refractivity contribution in [3.8, 4) is 0 Å². The molecule has 118 valence electrons. The molecule has 0 fully saturated rings. The summed E-state index contributed by atoms with van der Waals surface area (Å²) in [4.78, 5) is 3.81. The van der Waals surface area contributed by atoms with Crippen molar-refractivity contribution in [2.75, 3.05) is 7.05 Å². The number of hydrazone groups is 1. The Balaban J connectivity index is 0.00000192. The summed E-state index contributed by atoms with van der Waals surface area (Å²) in [5.41, 5.74) is 9.27. The van der Waals surface area contributed by atoms with Gasteiger partial charge in [0, 0.05) is 23.4 Å². The molecular weight excluding hydrogens is 331 g/mol. The lowest BCUT2D eigenvalue weighted by Gasteiger charge is -2.10. The van der Waals surface area contributed by atoms with Crippen molar-refractivity contribution in [1.82, 2.24) is 5.43 Å². The second kappa shape index (κ2) is 7.31. The van der Waals surface area contributed by atoms with Crippen LogP contribution in [0.5, 0.6) is 0 Å². The molecule has 0 aliphatic heterocycles. The number of nitrogens with zero attached hydrogens (tertiary/aromatic N) is 2. The third kappa shape index (κ3) is 3.23. The Kier molecular flexibility index (Phi) is 5.42. The zero-order valence-corrected chi connectivity index (χ0v) is 14.0. The van der Waals surface area contributed by atoms with Gasteiger partial charge in [-0.15, -0.1) is 12.4 Å². The Morgan fingerprint density at radius 1 is 1.00 bits per heavy atom. The van der Waals surface area contributed by atoms with E-state index in [2.05, 4.69) is 15.5 Å². The van der Waals surface area contributed by atoms with Crippen LogP contribution in [0.15, 0.2) is 58.6 Å². The van der Waals surface area contributed by atoms with E-state index in [9.17, 15) is 0 Å². The SMILES string of the molecule is CN=C(N)NN=Cc1c2ccccc2c(Cl)c2ccccc12.Cl. The number of rotatable bonds is 2. The monoisotopic (exact) mass is 346 g/mol. The molecular formula is C17H16Cl2N4. The van der Waals surface area contributed by atoms with E-state index >= 15 is 0 Å². The van der Waals surface area contributed by atoms with Gasteiger partial charge in [-0.25, -0.2) is 5.43 Å². The van der Waals surface area contributed by atoms with Gasteiger partial charge < -0.3 is 5.73 Å². The van der Waals surface area contributed by atoms with Crippen LogP contribution in [0.3, 0.4) is 0 Å². The molecule has 0 aliphatic rings. The number of fused-ring (bicyclic) bond motifs is 2. The molecule has 0 saturated carbocycles. The lowest BCUT2D eigenvalue weighted by Crippen LogP contribution is -2.26. The molecule has 3 rings (SSSR count). The van der Waals surface area contributed by atoms with Crippen LogP contribution in [0.1, 0.15) is 5.56 Å². The van der Waals surface area contributed by atoms with Crippen LogP contribution in [0.25, 0.3) is 21.5 Å². The van der Waals surface area contributed by atoms with Crippen LogP contribution in [-0.2, 0) is 0 Å². The number of hydrogen-bond donors (Lipinski definition) is 2. The van der Waals surface area contributed by atoms with Crippen molar-refractivity contribution in [2.24, 2.45) is 15.8 Å². The Morgan fingerprint density at radius 2 is 1.48 bits per heavy atom. The van der Waals surface area contributed by atoms with E-state index in [-0.39, 0.29) is 18.4 Å². The zero-order valence-electron chi connectivity index (χ0n) is 12.5. The molecule has 0 aromatic heterocycles. The van der Waals surface area contributed by atoms with Gasteiger partial charge in [0.1, 0.15) is 0 Å². The number of aliphatic imine (C=N–C) groups is 1. The van der Waals surface area contributed by atoms with E-state index < -0.39 is 0 Å². The van der Waals surface area contributed by atoms with E-state index in [0.717, 1.165) is 32.1 Å². The van der Waals surface area contributed by atoms with E-state index in [1.165, 1.54) is 0 Å². The van der Waals surface area contributed by atoms with Gasteiger partial charge in [0.05, 0.1) is 11.2 Å². The lowest BCUT2D eigenvalue weighted by molar-refractivity contribution is 1.01. The van der Waals surface area contributed by atoms with Crippen LogP contribution >= 0.6 is 24.0 Å². The molecule has 0 unspecified atom stereocenters. The second-order valence-corrected chi connectivity index (χ2v) is 5.18. The summed E-state index contributed by atoms with van der Waals surface area (Å²) in [6.45, 7) is 0. The molecule has 3 aromatic carbocycles. The Bertz CT molecular complexity index is 847. The summed E-state index contributed by atoms with van der Waals surface area (Å²) in [5.74, 6) is 0.263. The Morgan fingerprint density at radius 3 is 1.96 bits per heavy atom. The van der Waals surface area contributed by atoms with Crippen LogP contribution in [-0.4, -0.2) is 19.2 Å². The number of hydrogen-bond acceptors (Lipinski definition) is 2. The fourth-order valence-electron chi connectivity index (χ4n) is 2.46. The fourth-order valence-corrected chi connectivity index (χ4v) is 2.79. The highest BCUT2D eigenvalue weighted by Gasteiger charge is 2.10. The fraction of sp³-hybridized carbons (Fsp3) is 0.0588. The molecule has 3 N–H and O–H groups in total. The molecule has 0 bridgehead atoms. The zero-order chi connectivity index (χ0) is 15.5. The van der Waals surface area contributed by atoms with Crippen molar-refractivity contribution in [2.45, 2.75) is 0 Å². The quantitative estimate of drug-likeness (QED) is 0.319. The average Bonchev–Trinajstić information content (AvgIpc) is 2.57. The van der Waals surface area contributed by atoms with Gasteiger partial charge in [-0.05, 0) is 10.8 Å². The van der Waals surface area contributed by atoms with Crippen LogP contribution in [0, 0.1) is 0 Å². The van der Waals surface area contributed by atoms with Gasteiger partial charge in [0.2, 0.25) is 5.96 Å². The van der Waals surface area contributed by atoms with Crippen LogP contribution in [0.4, 0.5) is 0 Å². The van der Waals surface area contributed by atoms with Crippen molar-refractivity contribution >= 4 is 57.7 Å². The third-order valence-electron chi connectivity index (χ3n) is 3.52. The molecule has 4 nitrogen and oxygen atoms in total. The predicted octanol–water partition coefficient (Wildman–Crippen LogP) is 3.94. The summed E-state index contributed by atoms with van der Waals surface area (Å²) in [6, 6.07) is 16.0. The smallest absolute Gasteiger partial charge is 0.209 e. The Hall–Kier alpha value is -2.30. The van der Waals surface area contributed by atoms with Gasteiger partial charge >= 0.3 is 0 Å². The number of nitrogens with two attached hydrogens (primary N) is 1. The summed E-state index contributed by atoms with van der Waals surface area (Å²) in [7, 11) is 1.60. The van der Waals surface area contributed by atoms with Crippen molar-refractivity contribution in [3.63, 3.8) is 0 Å². The molecule has 6 heteroatoms. The topological polar surface area (TPSA) is 62.8 Å². The summed E-state index contributed by atoms with van der Waals surface area (Å²) < 4.78 is 0. The minimum absolute atomic E-state index is 0. The van der Waals surface area contributed by atoms with E-state index in [1.54, 1.807) is 13.3 Å². The average molecular weight is 347 g/mol. The van der Waals surface area contributed by atoms with E-state index in [0.29, 0.717) is 0 Å². The normalized spacial score (nSPS) is 11.8. The molecule has 0 atom stereocenters. The summed E-state index contributed by atoms with van der Waals surface area (Å²) >= 11 is 6.55. The van der Waals surface area contributed by atoms with E-state index in [1.807, 2.05) is 48.5 Å². The van der Waals surface area contributed by atoms with Gasteiger partial charge in [-0.3, -0.25) is 4.99 Å². The molecule has 0 aliphatic carbocycles. The number of nitrogens with one attached hydrogen (secondary N) is 1. The first-order chi connectivity index (χ1) is 10.7. The highest BCUT2D eigenvalue weighted by molar-refractivity contribution is 6.42. The van der Waals surface area contributed by atoms with Crippen molar-refractivity contribution in [1.29, 1.82) is 0 Å². The lowest BCUT2D eigenvalue weighted by atomic mass is 9.97. The standard InChI is InChI=1S/C17H15ClN4.ClH/c1-20-17(19)22-21-10-15-11-6-2-4-8-13(11)16(18)14-9-5-3-7-12(14)15;/h2-10H,1H3,(H3,19,20,22);1H. The molecule has 0 heterocycles. The van der Waals surface area contributed by atoms with Crippen LogP contribution < -0.4 is 11.2 Å².